The minimum atomic E-state index is 0.667. The summed E-state index contributed by atoms with van der Waals surface area (Å²) < 4.78 is 0. The summed E-state index contributed by atoms with van der Waals surface area (Å²) in [5.74, 6) is 5.58. The van der Waals surface area contributed by atoms with E-state index < -0.39 is 0 Å². The van der Waals surface area contributed by atoms with Crippen LogP contribution in [0.25, 0.3) is 0 Å². The van der Waals surface area contributed by atoms with Gasteiger partial charge in [0.15, 0.2) is 0 Å². The normalized spacial score (nSPS) is 15.9. The second-order valence-electron chi connectivity index (χ2n) is 12.9. The van der Waals surface area contributed by atoms with Crippen LogP contribution in [0.4, 0.5) is 0 Å². The number of hydrogen-bond acceptors (Lipinski definition) is 0. The maximum Gasteiger partial charge on any atom is -0.0308 e. The van der Waals surface area contributed by atoms with Gasteiger partial charge < -0.3 is 0 Å². The zero-order chi connectivity index (χ0) is 29.9. The van der Waals surface area contributed by atoms with Gasteiger partial charge in [-0.3, -0.25) is 0 Å². The van der Waals surface area contributed by atoms with E-state index in [2.05, 4.69) is 111 Å². The quantitative estimate of drug-likeness (QED) is 0.177. The van der Waals surface area contributed by atoms with Gasteiger partial charge in [0.05, 0.1) is 0 Å². The van der Waals surface area contributed by atoms with Crippen molar-refractivity contribution in [1.82, 2.24) is 0 Å². The molecule has 6 unspecified atom stereocenters. The molecule has 0 nitrogen and oxygen atoms in total. The Balaban J connectivity index is -0.000000198. The Hall–Kier alpha value is 0. The van der Waals surface area contributed by atoms with Crippen LogP contribution in [0.5, 0.6) is 0 Å². The van der Waals surface area contributed by atoms with Crippen LogP contribution in [0.3, 0.4) is 0 Å². The Labute approximate surface area is 241 Å². The predicted molar refractivity (Wildman–Crippen MR) is 179 cm³/mol. The molecule has 0 rings (SSSR count). The van der Waals surface area contributed by atoms with Crippen molar-refractivity contribution in [2.45, 2.75) is 201 Å². The summed E-state index contributed by atoms with van der Waals surface area (Å²) in [6.45, 7) is 37.0. The second kappa shape index (κ2) is 30.5. The highest BCUT2D eigenvalue weighted by molar-refractivity contribution is 4.72. The molecule has 0 aliphatic heterocycles. The molecule has 0 saturated carbocycles. The molecule has 37 heavy (non-hydrogen) atoms. The smallest absolute Gasteiger partial charge is 0.0308 e. The minimum Gasteiger partial charge on any atom is -0.0654 e. The average Bonchev–Trinajstić information content (AvgIpc) is 2.90. The van der Waals surface area contributed by atoms with E-state index in [1.54, 1.807) is 0 Å². The van der Waals surface area contributed by atoms with Gasteiger partial charge in [0.25, 0.3) is 0 Å². The van der Waals surface area contributed by atoms with E-state index in [0.29, 0.717) is 5.41 Å². The molecule has 0 aromatic rings. The largest absolute Gasteiger partial charge is 0.0654 e. The molecular formula is C37H82. The highest BCUT2D eigenvalue weighted by Gasteiger charge is 2.20. The first-order chi connectivity index (χ1) is 17.4. The molecule has 0 radical (unpaired) electrons. The zero-order valence-electron chi connectivity index (χ0n) is 29.9. The first-order valence-corrected chi connectivity index (χ1v) is 17.4. The van der Waals surface area contributed by atoms with Crippen molar-refractivity contribution in [3.05, 3.63) is 0 Å². The molecule has 0 heteroatoms. The maximum absolute atomic E-state index is 2.38. The lowest BCUT2D eigenvalue weighted by molar-refractivity contribution is 0.240. The molecule has 0 N–H and O–H groups in total. The second-order valence-corrected chi connectivity index (χ2v) is 12.9. The Bertz CT molecular complexity index is 357. The lowest BCUT2D eigenvalue weighted by Crippen LogP contribution is -2.15. The van der Waals surface area contributed by atoms with Crippen LogP contribution in [-0.2, 0) is 0 Å². The molecule has 0 saturated heterocycles. The Morgan fingerprint density at radius 2 is 0.649 bits per heavy atom. The van der Waals surface area contributed by atoms with Crippen molar-refractivity contribution in [3.8, 4) is 0 Å². The molecule has 0 aliphatic rings. The van der Waals surface area contributed by atoms with Gasteiger partial charge in [-0.15, -0.1) is 0 Å². The topological polar surface area (TPSA) is 0 Å². The van der Waals surface area contributed by atoms with E-state index in [9.17, 15) is 0 Å². The summed E-state index contributed by atoms with van der Waals surface area (Å²) in [5, 5.41) is 0. The molecule has 0 fully saturated rings. The zero-order valence-corrected chi connectivity index (χ0v) is 29.9. The average molecular weight is 527 g/mol. The lowest BCUT2D eigenvalue weighted by Gasteiger charge is -2.28. The molecule has 0 heterocycles. The van der Waals surface area contributed by atoms with E-state index >= 15 is 0 Å². The molecule has 0 aromatic carbocycles. The van der Waals surface area contributed by atoms with Crippen LogP contribution in [0, 0.1) is 40.9 Å². The van der Waals surface area contributed by atoms with Crippen molar-refractivity contribution in [3.63, 3.8) is 0 Å². The van der Waals surface area contributed by atoms with Crippen molar-refractivity contribution >= 4 is 0 Å². The van der Waals surface area contributed by atoms with Gasteiger partial charge in [0.2, 0.25) is 0 Å². The Morgan fingerprint density at radius 3 is 0.838 bits per heavy atom. The van der Waals surface area contributed by atoms with E-state index in [1.165, 1.54) is 89.9 Å². The van der Waals surface area contributed by atoms with Gasteiger partial charge in [-0.25, -0.2) is 0 Å². The van der Waals surface area contributed by atoms with Gasteiger partial charge in [-0.05, 0) is 47.3 Å². The Morgan fingerprint density at radius 1 is 0.378 bits per heavy atom. The van der Waals surface area contributed by atoms with Crippen molar-refractivity contribution in [2.75, 3.05) is 0 Å². The van der Waals surface area contributed by atoms with E-state index in [-0.39, 0.29) is 0 Å². The summed E-state index contributed by atoms with van der Waals surface area (Å²) in [5.41, 5.74) is 0.667. The minimum absolute atomic E-state index is 0.667. The lowest BCUT2D eigenvalue weighted by atomic mass is 9.78. The van der Waals surface area contributed by atoms with Crippen molar-refractivity contribution in [2.24, 2.45) is 40.9 Å². The number of rotatable bonds is 17. The van der Waals surface area contributed by atoms with Gasteiger partial charge in [-0.2, -0.15) is 0 Å². The highest BCUT2D eigenvalue weighted by Crippen LogP contribution is 2.33. The summed E-state index contributed by atoms with van der Waals surface area (Å²) in [4.78, 5) is 0. The van der Waals surface area contributed by atoms with Gasteiger partial charge >= 0.3 is 0 Å². The molecule has 0 amide bonds. The summed E-state index contributed by atoms with van der Waals surface area (Å²) in [6.07, 6.45) is 19.1. The van der Waals surface area contributed by atoms with Crippen LogP contribution >= 0.6 is 0 Å². The fraction of sp³-hybridized carbons (Fsp3) is 1.00. The standard InChI is InChI=1S/C11H24.2C9H20.C8H18/c1-5-7-10(3)9-11(4)8-6-2;1-5-7-9(4)8(3)6-2;1-5-9(6-2,7-3)8-4;1-5-7(3)8(4)6-2/h10-11H,5-9H2,1-4H3;8-9H,5-7H2,1-4H3;5-8H2,1-4H3;7-8H,5-6H2,1-4H3. The fourth-order valence-corrected chi connectivity index (χ4v) is 5.36. The van der Waals surface area contributed by atoms with Crippen LogP contribution in [-0.4, -0.2) is 0 Å². The third kappa shape index (κ3) is 27.4. The highest BCUT2D eigenvalue weighted by atomic mass is 14.3. The van der Waals surface area contributed by atoms with Crippen LogP contribution < -0.4 is 0 Å². The first kappa shape index (κ1) is 44.0. The summed E-state index contributed by atoms with van der Waals surface area (Å²) in [7, 11) is 0. The fourth-order valence-electron chi connectivity index (χ4n) is 5.36. The van der Waals surface area contributed by atoms with Gasteiger partial charge in [-0.1, -0.05) is 194 Å². The molecule has 0 aromatic heterocycles. The molecule has 230 valence electrons. The molecule has 0 bridgehead atoms. The van der Waals surface area contributed by atoms with Gasteiger partial charge in [0, 0.05) is 0 Å². The summed E-state index contributed by atoms with van der Waals surface area (Å²) >= 11 is 0. The van der Waals surface area contributed by atoms with Gasteiger partial charge in [0.1, 0.15) is 0 Å². The molecule has 6 atom stereocenters. The molecular weight excluding hydrogens is 444 g/mol. The predicted octanol–water partition coefficient (Wildman–Crippen LogP) is 14.4. The monoisotopic (exact) mass is 527 g/mol. The van der Waals surface area contributed by atoms with E-state index in [0.717, 1.165) is 35.5 Å². The van der Waals surface area contributed by atoms with Crippen LogP contribution in [0.15, 0.2) is 0 Å². The first-order valence-electron chi connectivity index (χ1n) is 17.4. The third-order valence-corrected chi connectivity index (χ3v) is 9.99. The molecule has 0 aliphatic carbocycles. The SMILES string of the molecule is CCC(C)C(C)CC.CCC(CC)(CC)CC.CCCC(C)C(C)CC.CCCC(C)CC(C)CCC. The Kier molecular flexibility index (Phi) is 36.3. The maximum atomic E-state index is 2.38. The molecule has 0 spiro atoms. The number of hydrogen-bond donors (Lipinski definition) is 0. The van der Waals surface area contributed by atoms with Crippen LogP contribution in [0.1, 0.15) is 201 Å². The van der Waals surface area contributed by atoms with E-state index in [4.69, 9.17) is 0 Å². The van der Waals surface area contributed by atoms with Crippen molar-refractivity contribution in [1.29, 1.82) is 0 Å². The van der Waals surface area contributed by atoms with Crippen molar-refractivity contribution < 1.29 is 0 Å². The third-order valence-electron chi connectivity index (χ3n) is 9.99. The summed E-state index contributed by atoms with van der Waals surface area (Å²) in [6, 6.07) is 0. The van der Waals surface area contributed by atoms with E-state index in [1.807, 2.05) is 0 Å². The van der Waals surface area contributed by atoms with Crippen LogP contribution in [0.2, 0.25) is 0 Å².